The van der Waals surface area contributed by atoms with E-state index in [2.05, 4.69) is 56.6 Å². The van der Waals surface area contributed by atoms with E-state index in [1.165, 1.54) is 35.9 Å². The molecule has 1 fully saturated rings. The van der Waals surface area contributed by atoms with Crippen molar-refractivity contribution in [2.75, 3.05) is 23.7 Å². The van der Waals surface area contributed by atoms with Crippen LogP contribution in [0, 0.1) is 6.92 Å². The van der Waals surface area contributed by atoms with Crippen LogP contribution < -0.4 is 20.7 Å². The average molecular weight is 650 g/mol. The Morgan fingerprint density at radius 2 is 1.47 bits per heavy atom. The second-order valence-electron chi connectivity index (χ2n) is 12.3. The standard InChI is InChI=1S/C38H40ClN5O3/c1-25(2)40-38(46)42-29-14-18-31(19-15-29)47-30-16-12-28(13-17-30)41-37(45)27-11-20-36(34(39)23-27)44-26(3)33(24-43-21-7-4-8-22-43)32-9-5-6-10-35(32)44/h5-6,9-20,23,25H,4,7-8,21-22,24H2,1-3H3,(H,41,45)(H2,40,42,46). The summed E-state index contributed by atoms with van der Waals surface area (Å²) in [6.07, 6.45) is 3.81. The van der Waals surface area contributed by atoms with Gasteiger partial charge in [-0.1, -0.05) is 36.2 Å². The van der Waals surface area contributed by atoms with Crippen LogP contribution in [0.15, 0.2) is 91.0 Å². The highest BCUT2D eigenvalue weighted by molar-refractivity contribution is 6.33. The van der Waals surface area contributed by atoms with Crippen LogP contribution in [0.3, 0.4) is 0 Å². The Morgan fingerprint density at radius 3 is 2.11 bits per heavy atom. The molecule has 242 valence electrons. The number of aromatic nitrogens is 1. The minimum atomic E-state index is -0.258. The second-order valence-corrected chi connectivity index (χ2v) is 12.7. The highest BCUT2D eigenvalue weighted by Crippen LogP contribution is 2.34. The van der Waals surface area contributed by atoms with Crippen LogP contribution in [0.2, 0.25) is 5.02 Å². The van der Waals surface area contributed by atoms with E-state index in [4.69, 9.17) is 16.3 Å². The smallest absolute Gasteiger partial charge is 0.319 e. The fourth-order valence-electron chi connectivity index (χ4n) is 6.10. The van der Waals surface area contributed by atoms with Gasteiger partial charge >= 0.3 is 6.03 Å². The van der Waals surface area contributed by atoms with Crippen molar-refractivity contribution in [1.29, 1.82) is 0 Å². The molecule has 4 aromatic carbocycles. The van der Waals surface area contributed by atoms with E-state index in [0.717, 1.165) is 30.8 Å². The van der Waals surface area contributed by atoms with Gasteiger partial charge in [0.15, 0.2) is 0 Å². The molecule has 0 atom stereocenters. The van der Waals surface area contributed by atoms with E-state index >= 15 is 0 Å². The number of anilines is 2. The van der Waals surface area contributed by atoms with Crippen molar-refractivity contribution >= 4 is 45.8 Å². The molecule has 0 bridgehead atoms. The number of benzene rings is 4. The van der Waals surface area contributed by atoms with Crippen molar-refractivity contribution in [3.05, 3.63) is 113 Å². The van der Waals surface area contributed by atoms with Crippen LogP contribution in [0.4, 0.5) is 16.2 Å². The van der Waals surface area contributed by atoms with E-state index in [9.17, 15) is 9.59 Å². The SMILES string of the molecule is Cc1c(CN2CCCCC2)c2ccccc2n1-c1ccc(C(=O)Nc2ccc(Oc3ccc(NC(=O)NC(C)C)cc3)cc2)cc1Cl. The lowest BCUT2D eigenvalue weighted by atomic mass is 10.1. The zero-order valence-electron chi connectivity index (χ0n) is 27.0. The second kappa shape index (κ2) is 14.3. The molecule has 0 aliphatic carbocycles. The van der Waals surface area contributed by atoms with Gasteiger partial charge in [-0.2, -0.15) is 0 Å². The molecule has 2 heterocycles. The molecule has 6 rings (SSSR count). The summed E-state index contributed by atoms with van der Waals surface area (Å²) in [4.78, 5) is 27.7. The minimum absolute atomic E-state index is 0.0482. The first-order chi connectivity index (χ1) is 22.7. The third-order valence-corrected chi connectivity index (χ3v) is 8.71. The summed E-state index contributed by atoms with van der Waals surface area (Å²) in [7, 11) is 0. The Labute approximate surface area is 280 Å². The molecule has 47 heavy (non-hydrogen) atoms. The van der Waals surface area contributed by atoms with E-state index in [-0.39, 0.29) is 18.0 Å². The van der Waals surface area contributed by atoms with Gasteiger partial charge in [0, 0.05) is 40.6 Å². The number of ether oxygens (including phenoxy) is 1. The topological polar surface area (TPSA) is 87.6 Å². The number of halogens is 1. The Morgan fingerprint density at radius 1 is 0.830 bits per heavy atom. The molecule has 0 saturated carbocycles. The van der Waals surface area contributed by atoms with Gasteiger partial charge in [0.1, 0.15) is 11.5 Å². The number of likely N-dealkylation sites (tertiary alicyclic amines) is 1. The number of nitrogens with one attached hydrogen (secondary N) is 3. The zero-order valence-corrected chi connectivity index (χ0v) is 27.7. The summed E-state index contributed by atoms with van der Waals surface area (Å²) in [5.41, 5.74) is 6.22. The maximum atomic E-state index is 13.2. The predicted octanol–water partition coefficient (Wildman–Crippen LogP) is 9.15. The van der Waals surface area contributed by atoms with Crippen LogP contribution in [0.5, 0.6) is 11.5 Å². The number of para-hydroxylation sites is 1. The summed E-state index contributed by atoms with van der Waals surface area (Å²) < 4.78 is 8.15. The van der Waals surface area contributed by atoms with E-state index in [0.29, 0.717) is 33.5 Å². The van der Waals surface area contributed by atoms with Crippen molar-refractivity contribution in [2.24, 2.45) is 0 Å². The average Bonchev–Trinajstić information content (AvgIpc) is 3.33. The molecule has 1 aromatic heterocycles. The highest BCUT2D eigenvalue weighted by atomic mass is 35.5. The maximum absolute atomic E-state index is 13.2. The third-order valence-electron chi connectivity index (χ3n) is 8.40. The first kappa shape index (κ1) is 32.2. The minimum Gasteiger partial charge on any atom is -0.457 e. The van der Waals surface area contributed by atoms with Crippen LogP contribution >= 0.6 is 11.6 Å². The molecule has 0 unspecified atom stereocenters. The van der Waals surface area contributed by atoms with Gasteiger partial charge in [-0.05, 0) is 125 Å². The Bertz CT molecular complexity index is 1880. The Hall–Kier alpha value is -4.79. The molecule has 9 heteroatoms. The highest BCUT2D eigenvalue weighted by Gasteiger charge is 2.20. The molecule has 1 aliphatic rings. The van der Waals surface area contributed by atoms with Crippen molar-refractivity contribution in [3.8, 4) is 17.2 Å². The molecule has 3 amide bonds. The molecular weight excluding hydrogens is 610 g/mol. The number of hydrogen-bond donors (Lipinski definition) is 3. The van der Waals surface area contributed by atoms with Gasteiger partial charge in [0.25, 0.3) is 5.91 Å². The quantitative estimate of drug-likeness (QED) is 0.149. The van der Waals surface area contributed by atoms with Crippen molar-refractivity contribution in [1.82, 2.24) is 14.8 Å². The van der Waals surface area contributed by atoms with Crippen LogP contribution in [-0.2, 0) is 6.54 Å². The first-order valence-electron chi connectivity index (χ1n) is 16.1. The molecule has 3 N–H and O–H groups in total. The fraction of sp³-hybridized carbons (Fsp3) is 0.263. The number of fused-ring (bicyclic) bond motifs is 1. The monoisotopic (exact) mass is 649 g/mol. The van der Waals surface area contributed by atoms with Gasteiger partial charge in [-0.15, -0.1) is 0 Å². The Kier molecular flexibility index (Phi) is 9.80. The lowest BCUT2D eigenvalue weighted by Crippen LogP contribution is -2.34. The van der Waals surface area contributed by atoms with Crippen LogP contribution in [0.25, 0.3) is 16.6 Å². The largest absolute Gasteiger partial charge is 0.457 e. The number of piperidine rings is 1. The van der Waals surface area contributed by atoms with E-state index in [1.807, 2.05) is 26.0 Å². The predicted molar refractivity (Wildman–Crippen MR) is 190 cm³/mol. The maximum Gasteiger partial charge on any atom is 0.319 e. The van der Waals surface area contributed by atoms with Gasteiger partial charge < -0.3 is 25.3 Å². The molecular formula is C38H40ClN5O3. The normalized spacial score (nSPS) is 13.5. The van der Waals surface area contributed by atoms with Crippen LogP contribution in [0.1, 0.15) is 54.7 Å². The number of carbonyl (C=O) groups excluding carboxylic acids is 2. The summed E-state index contributed by atoms with van der Waals surface area (Å²) in [5, 5.41) is 10.3. The number of urea groups is 1. The van der Waals surface area contributed by atoms with Crippen molar-refractivity contribution < 1.29 is 14.3 Å². The summed E-state index contributed by atoms with van der Waals surface area (Å²) in [5.74, 6) is 0.981. The first-order valence-corrected chi connectivity index (χ1v) is 16.5. The summed E-state index contributed by atoms with van der Waals surface area (Å²) >= 11 is 6.89. The number of carbonyl (C=O) groups is 2. The van der Waals surface area contributed by atoms with Crippen molar-refractivity contribution in [3.63, 3.8) is 0 Å². The third kappa shape index (κ3) is 7.62. The fourth-order valence-corrected chi connectivity index (χ4v) is 6.36. The van der Waals surface area contributed by atoms with Crippen LogP contribution in [-0.4, -0.2) is 40.5 Å². The Balaban J connectivity index is 1.12. The number of amides is 3. The molecule has 0 radical (unpaired) electrons. The molecule has 0 spiro atoms. The van der Waals surface area contributed by atoms with E-state index < -0.39 is 0 Å². The number of hydrogen-bond acceptors (Lipinski definition) is 4. The van der Waals surface area contributed by atoms with Gasteiger partial charge in [-0.3, -0.25) is 9.69 Å². The summed E-state index contributed by atoms with van der Waals surface area (Å²) in [6.45, 7) is 9.14. The molecule has 8 nitrogen and oxygen atoms in total. The number of nitrogens with zero attached hydrogens (tertiary/aromatic N) is 2. The van der Waals surface area contributed by atoms with Gasteiger partial charge in [0.2, 0.25) is 0 Å². The van der Waals surface area contributed by atoms with Gasteiger partial charge in [0.05, 0.1) is 16.2 Å². The lowest BCUT2D eigenvalue weighted by Gasteiger charge is -2.26. The van der Waals surface area contributed by atoms with Crippen molar-refractivity contribution in [2.45, 2.75) is 52.6 Å². The molecule has 5 aromatic rings. The zero-order chi connectivity index (χ0) is 32.9. The molecule has 1 aliphatic heterocycles. The van der Waals surface area contributed by atoms with Gasteiger partial charge in [-0.25, -0.2) is 4.79 Å². The van der Waals surface area contributed by atoms with E-state index in [1.54, 1.807) is 54.6 Å². The lowest BCUT2D eigenvalue weighted by molar-refractivity contribution is 0.102. The number of rotatable bonds is 9. The summed E-state index contributed by atoms with van der Waals surface area (Å²) in [6, 6.07) is 28.0. The molecule has 1 saturated heterocycles.